The summed E-state index contributed by atoms with van der Waals surface area (Å²) in [5, 5.41) is 3.50. The summed E-state index contributed by atoms with van der Waals surface area (Å²) < 4.78 is 7.34. The second-order valence-corrected chi connectivity index (χ2v) is 7.34. The van der Waals surface area contributed by atoms with Crippen LogP contribution in [0.2, 0.25) is 0 Å². The summed E-state index contributed by atoms with van der Waals surface area (Å²) in [6, 6.07) is 4.37. The van der Waals surface area contributed by atoms with Crippen molar-refractivity contribution < 1.29 is 4.74 Å². The van der Waals surface area contributed by atoms with Crippen molar-refractivity contribution >= 4 is 15.9 Å². The van der Waals surface area contributed by atoms with E-state index >= 15 is 0 Å². The van der Waals surface area contributed by atoms with E-state index in [1.165, 1.54) is 38.5 Å². The van der Waals surface area contributed by atoms with E-state index in [0.717, 1.165) is 23.2 Å². The fourth-order valence-corrected chi connectivity index (χ4v) is 4.62. The number of nitrogens with zero attached hydrogens (tertiary/aromatic N) is 1. The minimum Gasteiger partial charge on any atom is -0.375 e. The largest absolute Gasteiger partial charge is 0.375 e. The van der Waals surface area contributed by atoms with Crippen molar-refractivity contribution in [2.24, 2.45) is 5.92 Å². The number of aromatic nitrogens is 1. The summed E-state index contributed by atoms with van der Waals surface area (Å²) in [5.74, 6) is 0.605. The van der Waals surface area contributed by atoms with Crippen LogP contribution in [0.15, 0.2) is 22.8 Å². The first-order valence-electron chi connectivity index (χ1n) is 8.16. The van der Waals surface area contributed by atoms with E-state index in [1.807, 2.05) is 12.3 Å². The SMILES string of the molecule is CNC(c1ncccc1Br)C1CCOC2(CCCCC2)C1. The Labute approximate surface area is 136 Å². The van der Waals surface area contributed by atoms with E-state index < -0.39 is 0 Å². The standard InChI is InChI=1S/C17H25BrN2O/c1-19-15(16-14(18)6-5-10-20-16)13-7-11-21-17(12-13)8-3-2-4-9-17/h5-6,10,13,15,19H,2-4,7-9,11-12H2,1H3. The van der Waals surface area contributed by atoms with Crippen molar-refractivity contribution in [2.75, 3.05) is 13.7 Å². The van der Waals surface area contributed by atoms with Crippen molar-refractivity contribution in [1.82, 2.24) is 10.3 Å². The van der Waals surface area contributed by atoms with Crippen molar-refractivity contribution in [2.45, 2.75) is 56.6 Å². The minimum absolute atomic E-state index is 0.150. The van der Waals surface area contributed by atoms with E-state index in [-0.39, 0.29) is 5.60 Å². The topological polar surface area (TPSA) is 34.2 Å². The molecule has 2 aliphatic rings. The van der Waals surface area contributed by atoms with Crippen molar-refractivity contribution in [1.29, 1.82) is 0 Å². The van der Waals surface area contributed by atoms with E-state index in [4.69, 9.17) is 4.74 Å². The smallest absolute Gasteiger partial charge is 0.0717 e. The predicted molar refractivity (Wildman–Crippen MR) is 88.2 cm³/mol. The Morgan fingerprint density at radius 1 is 1.38 bits per heavy atom. The molecule has 21 heavy (non-hydrogen) atoms. The molecule has 1 saturated carbocycles. The second kappa shape index (κ2) is 6.76. The maximum atomic E-state index is 6.24. The molecule has 0 radical (unpaired) electrons. The number of hydrogen-bond acceptors (Lipinski definition) is 3. The summed E-state index contributed by atoms with van der Waals surface area (Å²) in [6.07, 6.45) is 10.7. The molecular weight excluding hydrogens is 328 g/mol. The predicted octanol–water partition coefficient (Wildman–Crippen LogP) is 4.23. The van der Waals surface area contributed by atoms with Gasteiger partial charge in [-0.25, -0.2) is 0 Å². The quantitative estimate of drug-likeness (QED) is 0.883. The summed E-state index contributed by atoms with van der Waals surface area (Å²) in [5.41, 5.74) is 1.29. The first kappa shape index (κ1) is 15.4. The maximum Gasteiger partial charge on any atom is 0.0717 e. The number of nitrogens with one attached hydrogen (secondary N) is 1. The highest BCUT2D eigenvalue weighted by Gasteiger charge is 2.41. The van der Waals surface area contributed by atoms with Crippen LogP contribution in [0.25, 0.3) is 0 Å². The number of halogens is 1. The minimum atomic E-state index is 0.150. The van der Waals surface area contributed by atoms with E-state index in [0.29, 0.717) is 12.0 Å². The fourth-order valence-electron chi connectivity index (χ4n) is 4.12. The Kier molecular flexibility index (Phi) is 4.97. The first-order chi connectivity index (χ1) is 10.2. The highest BCUT2D eigenvalue weighted by molar-refractivity contribution is 9.10. The van der Waals surface area contributed by atoms with E-state index in [2.05, 4.69) is 39.3 Å². The molecule has 1 N–H and O–H groups in total. The van der Waals surface area contributed by atoms with Gasteiger partial charge in [0.05, 0.1) is 17.3 Å². The molecule has 0 amide bonds. The molecule has 1 spiro atoms. The molecule has 4 heteroatoms. The highest BCUT2D eigenvalue weighted by atomic mass is 79.9. The van der Waals surface area contributed by atoms with Gasteiger partial charge in [-0.1, -0.05) is 19.3 Å². The molecular formula is C17H25BrN2O. The summed E-state index contributed by atoms with van der Waals surface area (Å²) in [4.78, 5) is 4.61. The summed E-state index contributed by atoms with van der Waals surface area (Å²) in [7, 11) is 2.05. The molecule has 1 aliphatic heterocycles. The lowest BCUT2D eigenvalue weighted by Gasteiger charge is -2.45. The van der Waals surface area contributed by atoms with Gasteiger partial charge in [0.1, 0.15) is 0 Å². The Morgan fingerprint density at radius 2 is 2.19 bits per heavy atom. The molecule has 1 aliphatic carbocycles. The molecule has 2 unspecified atom stereocenters. The van der Waals surface area contributed by atoms with Crippen molar-refractivity contribution in [3.05, 3.63) is 28.5 Å². The highest BCUT2D eigenvalue weighted by Crippen LogP contribution is 2.44. The number of hydrogen-bond donors (Lipinski definition) is 1. The molecule has 3 rings (SSSR count). The lowest BCUT2D eigenvalue weighted by molar-refractivity contribution is -0.122. The number of ether oxygens (including phenoxy) is 1. The van der Waals surface area contributed by atoms with Gasteiger partial charge in [0.15, 0.2) is 0 Å². The monoisotopic (exact) mass is 352 g/mol. The zero-order chi connectivity index (χ0) is 14.7. The third kappa shape index (κ3) is 3.33. The van der Waals surface area contributed by atoms with Crippen LogP contribution in [-0.4, -0.2) is 24.2 Å². The van der Waals surface area contributed by atoms with Crippen LogP contribution in [0.1, 0.15) is 56.7 Å². The van der Waals surface area contributed by atoms with Crippen LogP contribution >= 0.6 is 15.9 Å². The Hall–Kier alpha value is -0.450. The normalized spacial score (nSPS) is 26.7. The molecule has 0 aromatic carbocycles. The van der Waals surface area contributed by atoms with Crippen LogP contribution in [0.3, 0.4) is 0 Å². The zero-order valence-electron chi connectivity index (χ0n) is 12.8. The van der Waals surface area contributed by atoms with E-state index in [9.17, 15) is 0 Å². The number of pyridine rings is 1. The van der Waals surface area contributed by atoms with Gasteiger partial charge in [-0.05, 0) is 66.7 Å². The van der Waals surface area contributed by atoms with Crippen LogP contribution in [0.4, 0.5) is 0 Å². The molecule has 3 nitrogen and oxygen atoms in total. The van der Waals surface area contributed by atoms with Gasteiger partial charge in [-0.2, -0.15) is 0 Å². The Bertz CT molecular complexity index is 468. The summed E-state index contributed by atoms with van der Waals surface area (Å²) in [6.45, 7) is 0.896. The van der Waals surface area contributed by atoms with Gasteiger partial charge in [-0.15, -0.1) is 0 Å². The molecule has 1 aromatic heterocycles. The maximum absolute atomic E-state index is 6.24. The Balaban J connectivity index is 1.79. The van der Waals surface area contributed by atoms with Gasteiger partial charge in [0.25, 0.3) is 0 Å². The molecule has 116 valence electrons. The van der Waals surface area contributed by atoms with Crippen LogP contribution in [-0.2, 0) is 4.74 Å². The van der Waals surface area contributed by atoms with Gasteiger partial charge in [-0.3, -0.25) is 4.98 Å². The molecule has 1 aromatic rings. The zero-order valence-corrected chi connectivity index (χ0v) is 14.4. The molecule has 1 saturated heterocycles. The first-order valence-corrected chi connectivity index (χ1v) is 8.95. The number of rotatable bonds is 3. The average Bonchev–Trinajstić information content (AvgIpc) is 2.51. The lowest BCUT2D eigenvalue weighted by Crippen LogP contribution is -2.44. The van der Waals surface area contributed by atoms with E-state index in [1.54, 1.807) is 0 Å². The Morgan fingerprint density at radius 3 is 2.90 bits per heavy atom. The molecule has 2 fully saturated rings. The third-order valence-electron chi connectivity index (χ3n) is 5.16. The molecule has 2 heterocycles. The average molecular weight is 353 g/mol. The third-order valence-corrected chi connectivity index (χ3v) is 5.83. The van der Waals surface area contributed by atoms with Gasteiger partial charge < -0.3 is 10.1 Å². The van der Waals surface area contributed by atoms with Crippen LogP contribution in [0, 0.1) is 5.92 Å². The summed E-state index contributed by atoms with van der Waals surface area (Å²) >= 11 is 3.66. The van der Waals surface area contributed by atoms with Crippen molar-refractivity contribution in [3.8, 4) is 0 Å². The van der Waals surface area contributed by atoms with Crippen molar-refractivity contribution in [3.63, 3.8) is 0 Å². The van der Waals surface area contributed by atoms with Gasteiger partial charge >= 0.3 is 0 Å². The van der Waals surface area contributed by atoms with Gasteiger partial charge in [0.2, 0.25) is 0 Å². The van der Waals surface area contributed by atoms with Gasteiger partial charge in [0, 0.05) is 17.3 Å². The van der Waals surface area contributed by atoms with Crippen LogP contribution < -0.4 is 5.32 Å². The fraction of sp³-hybridized carbons (Fsp3) is 0.706. The molecule has 0 bridgehead atoms. The van der Waals surface area contributed by atoms with Crippen LogP contribution in [0.5, 0.6) is 0 Å². The lowest BCUT2D eigenvalue weighted by atomic mass is 9.73. The second-order valence-electron chi connectivity index (χ2n) is 6.48. The molecule has 2 atom stereocenters.